The fourth-order valence-corrected chi connectivity index (χ4v) is 6.66. The summed E-state index contributed by atoms with van der Waals surface area (Å²) in [5.41, 5.74) is 0. The number of rotatable bonds is 7. The van der Waals surface area contributed by atoms with Gasteiger partial charge in [-0.1, -0.05) is 12.1 Å². The lowest BCUT2D eigenvalue weighted by atomic mass is 10.3. The van der Waals surface area contributed by atoms with Gasteiger partial charge in [-0.25, -0.2) is 18.1 Å². The lowest BCUT2D eigenvalue weighted by Crippen LogP contribution is -2.52. The average Bonchev–Trinajstić information content (AvgIpc) is 3.48. The van der Waals surface area contributed by atoms with Crippen molar-refractivity contribution in [3.63, 3.8) is 0 Å². The number of amides is 4. The molecule has 9 nitrogen and oxygen atoms in total. The minimum absolute atomic E-state index is 0.0220. The molecule has 2 aliphatic heterocycles. The van der Waals surface area contributed by atoms with Crippen LogP contribution in [-0.4, -0.2) is 84.7 Å². The molecule has 0 spiro atoms. The summed E-state index contributed by atoms with van der Waals surface area (Å²) in [6.45, 7) is 1.38. The lowest BCUT2D eigenvalue weighted by Gasteiger charge is -2.34. The first-order chi connectivity index (χ1) is 14.4. The van der Waals surface area contributed by atoms with Crippen molar-refractivity contribution in [3.8, 4) is 0 Å². The number of sulfonamides is 1. The third kappa shape index (κ3) is 4.05. The quantitative estimate of drug-likeness (QED) is 0.446. The summed E-state index contributed by atoms with van der Waals surface area (Å²) in [5, 5.41) is 3.63. The van der Waals surface area contributed by atoms with E-state index in [2.05, 4.69) is 0 Å². The van der Waals surface area contributed by atoms with Crippen LogP contribution in [0.3, 0.4) is 0 Å². The summed E-state index contributed by atoms with van der Waals surface area (Å²) in [5.74, 6) is -1.64. The fourth-order valence-electron chi connectivity index (χ4n) is 3.40. The van der Waals surface area contributed by atoms with E-state index in [0.29, 0.717) is 23.7 Å². The van der Waals surface area contributed by atoms with Crippen LogP contribution >= 0.6 is 22.7 Å². The predicted octanol–water partition coefficient (Wildman–Crippen LogP) is 1.11. The highest BCUT2D eigenvalue weighted by molar-refractivity contribution is 7.91. The zero-order chi connectivity index (χ0) is 21.3. The first kappa shape index (κ1) is 21.1. The van der Waals surface area contributed by atoms with E-state index in [1.807, 2.05) is 22.4 Å². The van der Waals surface area contributed by atoms with Crippen molar-refractivity contribution in [2.45, 2.75) is 10.6 Å². The van der Waals surface area contributed by atoms with E-state index in [1.54, 1.807) is 17.5 Å². The van der Waals surface area contributed by atoms with Crippen molar-refractivity contribution in [1.82, 2.24) is 19.0 Å². The van der Waals surface area contributed by atoms with Gasteiger partial charge >= 0.3 is 17.8 Å². The maximum absolute atomic E-state index is 12.6. The molecule has 0 N–H and O–H groups in total. The molecule has 2 saturated heterocycles. The molecule has 12 heteroatoms. The second-order valence-corrected chi connectivity index (χ2v) is 11.0. The molecule has 4 heterocycles. The Bertz CT molecular complexity index is 1030. The molecule has 0 atom stereocenters. The van der Waals surface area contributed by atoms with Crippen LogP contribution in [0.15, 0.2) is 39.2 Å². The van der Waals surface area contributed by atoms with Gasteiger partial charge in [0.15, 0.2) is 0 Å². The molecule has 4 amide bonds. The maximum atomic E-state index is 12.6. The second kappa shape index (κ2) is 8.55. The topological polar surface area (TPSA) is 98.3 Å². The van der Waals surface area contributed by atoms with E-state index in [0.717, 1.165) is 14.7 Å². The van der Waals surface area contributed by atoms with Crippen LogP contribution < -0.4 is 0 Å². The van der Waals surface area contributed by atoms with Gasteiger partial charge in [0.25, 0.3) is 10.0 Å². The normalized spacial score (nSPS) is 19.3. The molecule has 0 bridgehead atoms. The molecule has 0 radical (unpaired) electrons. The molecule has 4 rings (SSSR count). The first-order valence-corrected chi connectivity index (χ1v) is 12.5. The zero-order valence-electron chi connectivity index (χ0n) is 16.0. The van der Waals surface area contributed by atoms with E-state index >= 15 is 0 Å². The number of imide groups is 2. The van der Waals surface area contributed by atoms with Crippen molar-refractivity contribution >= 4 is 50.5 Å². The van der Waals surface area contributed by atoms with Crippen molar-refractivity contribution in [1.29, 1.82) is 0 Å². The molecule has 0 aliphatic carbocycles. The van der Waals surface area contributed by atoms with Gasteiger partial charge in [0.05, 0.1) is 6.67 Å². The van der Waals surface area contributed by atoms with Crippen molar-refractivity contribution < 1.29 is 22.8 Å². The van der Waals surface area contributed by atoms with Crippen LogP contribution in [0.25, 0.3) is 0 Å². The van der Waals surface area contributed by atoms with Gasteiger partial charge in [-0.3, -0.25) is 19.4 Å². The van der Waals surface area contributed by atoms with Crippen LogP contribution in [0.4, 0.5) is 4.79 Å². The number of piperazine rings is 1. The van der Waals surface area contributed by atoms with Gasteiger partial charge in [0, 0.05) is 44.0 Å². The SMILES string of the molecule is O=C1C(=O)N(CN2CCN(S(=O)(=O)c3cccs3)CC2)C(=O)N1CCc1cccs1. The molecular weight excluding hydrogens is 448 g/mol. The molecule has 160 valence electrons. The van der Waals surface area contributed by atoms with Crippen molar-refractivity contribution in [2.24, 2.45) is 0 Å². The van der Waals surface area contributed by atoms with Crippen LogP contribution in [0.5, 0.6) is 0 Å². The van der Waals surface area contributed by atoms with Gasteiger partial charge < -0.3 is 0 Å². The molecule has 0 aromatic carbocycles. The molecular formula is C18H20N4O5S3. The molecule has 2 aromatic heterocycles. The van der Waals surface area contributed by atoms with Gasteiger partial charge in [0.2, 0.25) is 0 Å². The van der Waals surface area contributed by atoms with Crippen LogP contribution in [-0.2, 0) is 26.0 Å². The summed E-state index contributed by atoms with van der Waals surface area (Å²) in [6.07, 6.45) is 0.509. The Kier molecular flexibility index (Phi) is 6.02. The maximum Gasteiger partial charge on any atom is 0.335 e. The Morgan fingerprint density at radius 1 is 0.867 bits per heavy atom. The van der Waals surface area contributed by atoms with Gasteiger partial charge in [-0.2, -0.15) is 4.31 Å². The summed E-state index contributed by atoms with van der Waals surface area (Å²) in [6, 6.07) is 6.46. The first-order valence-electron chi connectivity index (χ1n) is 9.33. The fraction of sp³-hybridized carbons (Fsp3) is 0.389. The third-order valence-corrected chi connectivity index (χ3v) is 9.27. The number of hydrogen-bond donors (Lipinski definition) is 0. The van der Waals surface area contributed by atoms with E-state index in [9.17, 15) is 22.8 Å². The zero-order valence-corrected chi connectivity index (χ0v) is 18.4. The second-order valence-electron chi connectivity index (χ2n) is 6.90. The number of carbonyl (C=O) groups excluding carboxylic acids is 3. The highest BCUT2D eigenvalue weighted by atomic mass is 32.2. The van der Waals surface area contributed by atoms with Gasteiger partial charge in [0.1, 0.15) is 4.21 Å². The third-order valence-electron chi connectivity index (χ3n) is 5.06. The Hall–Kier alpha value is -2.12. The molecule has 2 aliphatic rings. The van der Waals surface area contributed by atoms with E-state index in [4.69, 9.17) is 0 Å². The van der Waals surface area contributed by atoms with Crippen molar-refractivity contribution in [2.75, 3.05) is 39.4 Å². The Morgan fingerprint density at radius 3 is 2.17 bits per heavy atom. The van der Waals surface area contributed by atoms with E-state index in [1.165, 1.54) is 27.0 Å². The molecule has 0 saturated carbocycles. The molecule has 30 heavy (non-hydrogen) atoms. The van der Waals surface area contributed by atoms with Crippen LogP contribution in [0.1, 0.15) is 4.88 Å². The summed E-state index contributed by atoms with van der Waals surface area (Å²) < 4.78 is 26.9. The smallest absolute Gasteiger partial charge is 0.283 e. The molecule has 2 aromatic rings. The highest BCUT2D eigenvalue weighted by Crippen LogP contribution is 2.22. The number of hydrogen-bond acceptors (Lipinski definition) is 8. The summed E-state index contributed by atoms with van der Waals surface area (Å²) in [4.78, 5) is 42.0. The van der Waals surface area contributed by atoms with Crippen LogP contribution in [0.2, 0.25) is 0 Å². The summed E-state index contributed by atoms with van der Waals surface area (Å²) in [7, 11) is -3.52. The largest absolute Gasteiger partial charge is 0.335 e. The highest BCUT2D eigenvalue weighted by Gasteiger charge is 2.45. The Balaban J connectivity index is 1.34. The van der Waals surface area contributed by atoms with Crippen LogP contribution in [0, 0.1) is 0 Å². The number of nitrogens with zero attached hydrogens (tertiary/aromatic N) is 4. The number of carbonyl (C=O) groups is 3. The minimum Gasteiger partial charge on any atom is -0.283 e. The number of thiophene rings is 2. The Labute approximate surface area is 182 Å². The summed E-state index contributed by atoms with van der Waals surface area (Å²) >= 11 is 2.70. The van der Waals surface area contributed by atoms with Gasteiger partial charge in [-0.15, -0.1) is 22.7 Å². The average molecular weight is 469 g/mol. The Morgan fingerprint density at radius 2 is 1.53 bits per heavy atom. The lowest BCUT2D eigenvalue weighted by molar-refractivity contribution is -0.144. The predicted molar refractivity (Wildman–Crippen MR) is 111 cm³/mol. The van der Waals surface area contributed by atoms with Crippen molar-refractivity contribution in [3.05, 3.63) is 39.9 Å². The standard InChI is InChI=1S/C18H20N4O5S3/c23-16-17(24)22(18(25)21(16)6-5-14-3-1-11-28-14)13-19-7-9-20(10-8-19)30(26,27)15-4-2-12-29-15/h1-4,11-12H,5-10,13H2. The van der Waals surface area contributed by atoms with E-state index in [-0.39, 0.29) is 26.3 Å². The molecule has 0 unspecified atom stereocenters. The monoisotopic (exact) mass is 468 g/mol. The van der Waals surface area contributed by atoms with E-state index < -0.39 is 27.9 Å². The minimum atomic E-state index is -3.52. The number of urea groups is 1. The van der Waals surface area contributed by atoms with Gasteiger partial charge in [-0.05, 0) is 22.9 Å². The molecule has 2 fully saturated rings.